The van der Waals surface area contributed by atoms with Crippen molar-refractivity contribution >= 4 is 5.65 Å². The van der Waals surface area contributed by atoms with E-state index in [1.807, 2.05) is 35.1 Å². The number of fused-ring (bicyclic) bond motifs is 1. The van der Waals surface area contributed by atoms with Gasteiger partial charge in [-0.15, -0.1) is 0 Å². The van der Waals surface area contributed by atoms with Crippen molar-refractivity contribution in [3.8, 4) is 11.1 Å². The molecule has 2 aromatic heterocycles. The molecule has 1 aliphatic heterocycles. The SMILES string of the molecule is CC(C)C[C@]1(CO)CCCN(Cc2cnc3c(-c4ccccc4)cnn3c2)C1. The standard InChI is InChI=1S/C23H30N4O/c1-18(2)11-23(17-28)9-6-10-26(16-23)14-19-12-24-22-21(13-25-27(22)15-19)20-7-4-3-5-8-20/h3-5,7-8,12-13,15,18,28H,6,9-11,14,16-17H2,1-2H3/t23-/m1/s1. The van der Waals surface area contributed by atoms with Gasteiger partial charge in [-0.05, 0) is 37.3 Å². The molecular formula is C23H30N4O. The molecular weight excluding hydrogens is 348 g/mol. The average molecular weight is 379 g/mol. The van der Waals surface area contributed by atoms with Crippen LogP contribution < -0.4 is 0 Å². The van der Waals surface area contributed by atoms with Crippen LogP contribution in [0.25, 0.3) is 16.8 Å². The van der Waals surface area contributed by atoms with E-state index in [0.29, 0.717) is 5.92 Å². The molecule has 1 N–H and O–H groups in total. The molecule has 1 aromatic carbocycles. The Labute approximate surface area is 167 Å². The third-order valence-electron chi connectivity index (χ3n) is 5.82. The fraction of sp³-hybridized carbons (Fsp3) is 0.478. The Hall–Kier alpha value is -2.24. The van der Waals surface area contributed by atoms with Gasteiger partial charge in [-0.1, -0.05) is 44.2 Å². The summed E-state index contributed by atoms with van der Waals surface area (Å²) in [4.78, 5) is 7.18. The minimum atomic E-state index is 0.0378. The first-order valence-corrected chi connectivity index (χ1v) is 10.3. The molecule has 1 saturated heterocycles. The molecule has 1 fully saturated rings. The molecule has 1 aliphatic rings. The zero-order valence-electron chi connectivity index (χ0n) is 16.9. The summed E-state index contributed by atoms with van der Waals surface area (Å²) in [6.45, 7) is 7.65. The number of aliphatic hydroxyl groups excluding tert-OH is 1. The third-order valence-corrected chi connectivity index (χ3v) is 5.82. The van der Waals surface area contributed by atoms with Crippen LogP contribution in [0.15, 0.2) is 48.9 Å². The van der Waals surface area contributed by atoms with Crippen LogP contribution in [-0.4, -0.2) is 44.3 Å². The van der Waals surface area contributed by atoms with Crippen LogP contribution in [0.3, 0.4) is 0 Å². The summed E-state index contributed by atoms with van der Waals surface area (Å²) in [6, 6.07) is 10.3. The molecule has 0 radical (unpaired) electrons. The summed E-state index contributed by atoms with van der Waals surface area (Å²) in [5, 5.41) is 14.6. The number of hydrogen-bond acceptors (Lipinski definition) is 4. The maximum atomic E-state index is 10.1. The fourth-order valence-corrected chi connectivity index (χ4v) is 4.75. The lowest BCUT2D eigenvalue weighted by molar-refractivity contribution is 0.0132. The lowest BCUT2D eigenvalue weighted by atomic mass is 9.74. The van der Waals surface area contributed by atoms with E-state index in [1.54, 1.807) is 0 Å². The van der Waals surface area contributed by atoms with Crippen molar-refractivity contribution in [1.82, 2.24) is 19.5 Å². The van der Waals surface area contributed by atoms with Crippen LogP contribution in [0.4, 0.5) is 0 Å². The summed E-state index contributed by atoms with van der Waals surface area (Å²) < 4.78 is 1.88. The number of rotatable bonds is 6. The van der Waals surface area contributed by atoms with Crippen LogP contribution in [0.1, 0.15) is 38.7 Å². The van der Waals surface area contributed by atoms with Crippen molar-refractivity contribution in [2.24, 2.45) is 11.3 Å². The van der Waals surface area contributed by atoms with Crippen LogP contribution in [0, 0.1) is 11.3 Å². The smallest absolute Gasteiger partial charge is 0.162 e. The fourth-order valence-electron chi connectivity index (χ4n) is 4.75. The van der Waals surface area contributed by atoms with Crippen molar-refractivity contribution in [2.75, 3.05) is 19.7 Å². The normalized spacial score (nSPS) is 20.9. The second-order valence-electron chi connectivity index (χ2n) is 8.72. The Balaban J connectivity index is 1.52. The van der Waals surface area contributed by atoms with E-state index < -0.39 is 0 Å². The summed E-state index contributed by atoms with van der Waals surface area (Å²) >= 11 is 0. The van der Waals surface area contributed by atoms with Crippen molar-refractivity contribution in [1.29, 1.82) is 0 Å². The van der Waals surface area contributed by atoms with Crippen molar-refractivity contribution in [2.45, 2.75) is 39.7 Å². The zero-order chi connectivity index (χ0) is 19.6. The van der Waals surface area contributed by atoms with Gasteiger partial charge in [0.05, 0.1) is 6.20 Å². The molecule has 0 bridgehead atoms. The molecule has 4 rings (SSSR count). The van der Waals surface area contributed by atoms with Gasteiger partial charge in [0, 0.05) is 48.6 Å². The molecule has 148 valence electrons. The van der Waals surface area contributed by atoms with E-state index in [1.165, 1.54) is 0 Å². The van der Waals surface area contributed by atoms with Crippen LogP contribution in [0.5, 0.6) is 0 Å². The van der Waals surface area contributed by atoms with Gasteiger partial charge in [0.1, 0.15) is 0 Å². The Kier molecular flexibility index (Phi) is 5.47. The third kappa shape index (κ3) is 3.96. The van der Waals surface area contributed by atoms with E-state index in [4.69, 9.17) is 4.98 Å². The lowest BCUT2D eigenvalue weighted by Gasteiger charge is -2.43. The number of likely N-dealkylation sites (tertiary alicyclic amines) is 1. The number of aromatic nitrogens is 3. The molecule has 3 heterocycles. The van der Waals surface area contributed by atoms with Crippen molar-refractivity contribution in [3.63, 3.8) is 0 Å². The largest absolute Gasteiger partial charge is 0.396 e. The summed E-state index contributed by atoms with van der Waals surface area (Å²) in [5.74, 6) is 0.602. The Morgan fingerprint density at radius 3 is 2.75 bits per heavy atom. The highest BCUT2D eigenvalue weighted by atomic mass is 16.3. The number of nitrogens with zero attached hydrogens (tertiary/aromatic N) is 4. The van der Waals surface area contributed by atoms with Gasteiger partial charge >= 0.3 is 0 Å². The van der Waals surface area contributed by atoms with E-state index in [0.717, 1.165) is 61.2 Å². The van der Waals surface area contributed by atoms with Crippen molar-refractivity contribution in [3.05, 3.63) is 54.5 Å². The van der Waals surface area contributed by atoms with E-state index in [9.17, 15) is 5.11 Å². The van der Waals surface area contributed by atoms with Gasteiger partial charge in [0.25, 0.3) is 0 Å². The minimum absolute atomic E-state index is 0.0378. The van der Waals surface area contributed by atoms with Gasteiger partial charge in [0.2, 0.25) is 0 Å². The second-order valence-corrected chi connectivity index (χ2v) is 8.72. The predicted molar refractivity (Wildman–Crippen MR) is 112 cm³/mol. The highest BCUT2D eigenvalue weighted by Crippen LogP contribution is 2.36. The highest BCUT2D eigenvalue weighted by molar-refractivity contribution is 5.76. The van der Waals surface area contributed by atoms with Gasteiger partial charge in [-0.3, -0.25) is 4.90 Å². The van der Waals surface area contributed by atoms with Gasteiger partial charge in [0.15, 0.2) is 5.65 Å². The minimum Gasteiger partial charge on any atom is -0.396 e. The zero-order valence-corrected chi connectivity index (χ0v) is 16.9. The first-order valence-electron chi connectivity index (χ1n) is 10.3. The number of aliphatic hydroxyl groups is 1. The molecule has 1 atom stereocenters. The maximum absolute atomic E-state index is 10.1. The summed E-state index contributed by atoms with van der Waals surface area (Å²) in [5.41, 5.74) is 4.28. The van der Waals surface area contributed by atoms with Gasteiger partial charge in [-0.25, -0.2) is 9.50 Å². The molecule has 5 heteroatoms. The second kappa shape index (κ2) is 8.02. The summed E-state index contributed by atoms with van der Waals surface area (Å²) in [6.07, 6.45) is 9.30. The highest BCUT2D eigenvalue weighted by Gasteiger charge is 2.35. The Bertz CT molecular complexity index is 921. The molecule has 5 nitrogen and oxygen atoms in total. The molecule has 0 amide bonds. The van der Waals surface area contributed by atoms with Crippen LogP contribution >= 0.6 is 0 Å². The molecule has 28 heavy (non-hydrogen) atoms. The van der Waals surface area contributed by atoms with E-state index in [-0.39, 0.29) is 12.0 Å². The summed E-state index contributed by atoms with van der Waals surface area (Å²) in [7, 11) is 0. The van der Waals surface area contributed by atoms with Crippen LogP contribution in [-0.2, 0) is 6.54 Å². The van der Waals surface area contributed by atoms with E-state index in [2.05, 4.69) is 42.2 Å². The van der Waals surface area contributed by atoms with Gasteiger partial charge < -0.3 is 5.11 Å². The predicted octanol–water partition coefficient (Wildman–Crippen LogP) is 4.02. The maximum Gasteiger partial charge on any atom is 0.162 e. The quantitative estimate of drug-likeness (QED) is 0.704. The number of hydrogen-bond donors (Lipinski definition) is 1. The number of benzene rings is 1. The number of piperidine rings is 1. The molecule has 0 saturated carbocycles. The topological polar surface area (TPSA) is 53.7 Å². The molecule has 0 spiro atoms. The molecule has 0 unspecified atom stereocenters. The van der Waals surface area contributed by atoms with Gasteiger partial charge in [-0.2, -0.15) is 5.10 Å². The lowest BCUT2D eigenvalue weighted by Crippen LogP contribution is -2.45. The first kappa shape index (κ1) is 19.1. The average Bonchev–Trinajstić information content (AvgIpc) is 3.11. The Morgan fingerprint density at radius 1 is 1.18 bits per heavy atom. The monoisotopic (exact) mass is 378 g/mol. The first-order chi connectivity index (χ1) is 13.6. The molecule has 3 aromatic rings. The van der Waals surface area contributed by atoms with Crippen molar-refractivity contribution < 1.29 is 5.11 Å². The Morgan fingerprint density at radius 2 is 2.00 bits per heavy atom. The van der Waals surface area contributed by atoms with E-state index >= 15 is 0 Å². The molecule has 0 aliphatic carbocycles. The van der Waals surface area contributed by atoms with Crippen LogP contribution in [0.2, 0.25) is 0 Å².